The fourth-order valence-corrected chi connectivity index (χ4v) is 3.58. The number of hydrogen-bond donors (Lipinski definition) is 1. The number of esters is 1. The number of Topliss-reactive ketones (excluding diaryl/α,β-unsaturated/α-hetero) is 1. The molecule has 27 heavy (non-hydrogen) atoms. The van der Waals surface area contributed by atoms with E-state index in [9.17, 15) is 14.7 Å². The van der Waals surface area contributed by atoms with Gasteiger partial charge in [-0.15, -0.1) is 0 Å². The van der Waals surface area contributed by atoms with Gasteiger partial charge in [0.15, 0.2) is 5.78 Å². The Hall–Kier alpha value is -2.86. The van der Waals surface area contributed by atoms with E-state index < -0.39 is 5.97 Å². The summed E-state index contributed by atoms with van der Waals surface area (Å²) in [7, 11) is 0. The Kier molecular flexibility index (Phi) is 6.08. The maximum absolute atomic E-state index is 12.5. The molecule has 138 valence electrons. The summed E-state index contributed by atoms with van der Waals surface area (Å²) in [5.41, 5.74) is 0.622. The molecule has 1 aromatic heterocycles. The van der Waals surface area contributed by atoms with Crippen LogP contribution in [-0.4, -0.2) is 28.4 Å². The summed E-state index contributed by atoms with van der Waals surface area (Å²) >= 11 is 1.54. The first-order valence-electron chi connectivity index (χ1n) is 8.63. The van der Waals surface area contributed by atoms with Crippen LogP contribution in [0.25, 0.3) is 10.9 Å². The number of fused-ring (bicyclic) bond motifs is 1. The lowest BCUT2D eigenvalue weighted by molar-refractivity contribution is -0.143. The van der Waals surface area contributed by atoms with Crippen LogP contribution in [0.2, 0.25) is 0 Å². The first kappa shape index (κ1) is 18.9. The molecule has 0 fully saturated rings. The smallest absolute Gasteiger partial charge is 0.306 e. The van der Waals surface area contributed by atoms with E-state index in [1.165, 1.54) is 17.8 Å². The molecule has 0 spiro atoms. The third kappa shape index (κ3) is 4.65. The van der Waals surface area contributed by atoms with Crippen LogP contribution in [0.4, 0.5) is 0 Å². The highest BCUT2D eigenvalue weighted by Gasteiger charge is 2.17. The van der Waals surface area contributed by atoms with Crippen molar-refractivity contribution in [2.75, 3.05) is 6.61 Å². The predicted octanol–water partition coefficient (Wildman–Crippen LogP) is 4.62. The molecule has 3 rings (SSSR count). The number of rotatable bonds is 7. The standard InChI is InChI=1S/C21H19NO4S/c1-2-26-19(25)12-11-16(23)21-17(24)13-14-7-6-10-18(20(14)22-21)27-15-8-4-3-5-9-15/h3-10,13,24H,2,11-12H2,1H3. The van der Waals surface area contributed by atoms with E-state index >= 15 is 0 Å². The summed E-state index contributed by atoms with van der Waals surface area (Å²) in [6, 6.07) is 17.0. The molecule has 0 aliphatic carbocycles. The number of aromatic hydroxyl groups is 1. The lowest BCUT2D eigenvalue weighted by Crippen LogP contribution is -2.09. The summed E-state index contributed by atoms with van der Waals surface area (Å²) in [6.07, 6.45) is -0.0921. The largest absolute Gasteiger partial charge is 0.506 e. The second-order valence-electron chi connectivity index (χ2n) is 5.83. The number of carbonyl (C=O) groups excluding carboxylic acids is 2. The lowest BCUT2D eigenvalue weighted by Gasteiger charge is -2.09. The summed E-state index contributed by atoms with van der Waals surface area (Å²) < 4.78 is 4.84. The van der Waals surface area contributed by atoms with Gasteiger partial charge in [0.1, 0.15) is 11.4 Å². The maximum atomic E-state index is 12.5. The Labute approximate surface area is 161 Å². The van der Waals surface area contributed by atoms with Gasteiger partial charge in [-0.05, 0) is 31.2 Å². The normalized spacial score (nSPS) is 10.7. The first-order chi connectivity index (χ1) is 13.1. The van der Waals surface area contributed by atoms with Crippen molar-refractivity contribution in [3.8, 4) is 5.75 Å². The number of carbonyl (C=O) groups is 2. The zero-order chi connectivity index (χ0) is 19.2. The molecular formula is C21H19NO4S. The Morgan fingerprint density at radius 2 is 1.85 bits per heavy atom. The number of hydrogen-bond acceptors (Lipinski definition) is 6. The van der Waals surface area contributed by atoms with E-state index in [1.54, 1.807) is 6.92 Å². The highest BCUT2D eigenvalue weighted by Crippen LogP contribution is 2.34. The Morgan fingerprint density at radius 1 is 1.07 bits per heavy atom. The van der Waals surface area contributed by atoms with Crippen LogP contribution in [0.15, 0.2) is 64.4 Å². The van der Waals surface area contributed by atoms with Gasteiger partial charge in [-0.2, -0.15) is 0 Å². The summed E-state index contributed by atoms with van der Waals surface area (Å²) in [5.74, 6) is -1.01. The van der Waals surface area contributed by atoms with Crippen LogP contribution in [-0.2, 0) is 9.53 Å². The van der Waals surface area contributed by atoms with Gasteiger partial charge < -0.3 is 9.84 Å². The van der Waals surface area contributed by atoms with E-state index in [2.05, 4.69) is 4.98 Å². The molecule has 1 heterocycles. The van der Waals surface area contributed by atoms with Crippen LogP contribution in [0.5, 0.6) is 5.75 Å². The van der Waals surface area contributed by atoms with Crippen molar-refractivity contribution in [3.63, 3.8) is 0 Å². The predicted molar refractivity (Wildman–Crippen MR) is 104 cm³/mol. The number of ether oxygens (including phenoxy) is 1. The number of nitrogens with zero attached hydrogens (tertiary/aromatic N) is 1. The second kappa shape index (κ2) is 8.68. The topological polar surface area (TPSA) is 76.5 Å². The molecule has 0 saturated heterocycles. The fourth-order valence-electron chi connectivity index (χ4n) is 2.63. The number of para-hydroxylation sites is 1. The molecule has 3 aromatic rings. The summed E-state index contributed by atoms with van der Waals surface area (Å²) in [6.45, 7) is 1.98. The van der Waals surface area contributed by atoms with Crippen molar-refractivity contribution < 1.29 is 19.4 Å². The van der Waals surface area contributed by atoms with E-state index in [4.69, 9.17) is 4.74 Å². The van der Waals surface area contributed by atoms with Crippen molar-refractivity contribution in [1.82, 2.24) is 4.98 Å². The monoisotopic (exact) mass is 381 g/mol. The van der Waals surface area contributed by atoms with Crippen LogP contribution in [0.3, 0.4) is 0 Å². The molecule has 1 N–H and O–H groups in total. The van der Waals surface area contributed by atoms with E-state index in [0.29, 0.717) is 5.52 Å². The van der Waals surface area contributed by atoms with E-state index in [1.807, 2.05) is 48.5 Å². The van der Waals surface area contributed by atoms with Gasteiger partial charge in [-0.3, -0.25) is 9.59 Å². The van der Waals surface area contributed by atoms with E-state index in [-0.39, 0.29) is 36.7 Å². The molecule has 0 radical (unpaired) electrons. The van der Waals surface area contributed by atoms with Crippen molar-refractivity contribution in [3.05, 3.63) is 60.3 Å². The van der Waals surface area contributed by atoms with Crippen LogP contribution in [0.1, 0.15) is 30.3 Å². The summed E-state index contributed by atoms with van der Waals surface area (Å²) in [4.78, 5) is 30.3. The molecule has 0 aliphatic rings. The third-order valence-electron chi connectivity index (χ3n) is 3.89. The molecule has 0 saturated carbocycles. The minimum atomic E-state index is -0.438. The SMILES string of the molecule is CCOC(=O)CCC(=O)c1nc2c(Sc3ccccc3)cccc2cc1O. The number of aromatic nitrogens is 1. The zero-order valence-corrected chi connectivity index (χ0v) is 15.7. The summed E-state index contributed by atoms with van der Waals surface area (Å²) in [5, 5.41) is 11.0. The third-order valence-corrected chi connectivity index (χ3v) is 4.94. The van der Waals surface area contributed by atoms with Crippen molar-refractivity contribution in [2.24, 2.45) is 0 Å². The fraction of sp³-hybridized carbons (Fsp3) is 0.190. The highest BCUT2D eigenvalue weighted by molar-refractivity contribution is 7.99. The quantitative estimate of drug-likeness (QED) is 0.475. The van der Waals surface area contributed by atoms with Crippen LogP contribution >= 0.6 is 11.8 Å². The lowest BCUT2D eigenvalue weighted by atomic mass is 10.1. The average Bonchev–Trinajstić information content (AvgIpc) is 2.67. The number of benzene rings is 2. The van der Waals surface area contributed by atoms with Crippen molar-refractivity contribution in [1.29, 1.82) is 0 Å². The highest BCUT2D eigenvalue weighted by atomic mass is 32.2. The molecule has 5 nitrogen and oxygen atoms in total. The van der Waals surface area contributed by atoms with Gasteiger partial charge in [0.25, 0.3) is 0 Å². The minimum Gasteiger partial charge on any atom is -0.506 e. The van der Waals surface area contributed by atoms with Gasteiger partial charge in [0, 0.05) is 21.6 Å². The number of ketones is 1. The van der Waals surface area contributed by atoms with Gasteiger partial charge in [0.2, 0.25) is 0 Å². The first-order valence-corrected chi connectivity index (χ1v) is 9.44. The average molecular weight is 381 g/mol. The van der Waals surface area contributed by atoms with Gasteiger partial charge in [-0.1, -0.05) is 42.1 Å². The van der Waals surface area contributed by atoms with Crippen molar-refractivity contribution >= 4 is 34.4 Å². The van der Waals surface area contributed by atoms with Gasteiger partial charge in [-0.25, -0.2) is 4.98 Å². The second-order valence-corrected chi connectivity index (χ2v) is 6.94. The van der Waals surface area contributed by atoms with Crippen LogP contribution < -0.4 is 0 Å². The molecular weight excluding hydrogens is 362 g/mol. The molecule has 2 aromatic carbocycles. The van der Waals surface area contributed by atoms with Gasteiger partial charge >= 0.3 is 5.97 Å². The molecule has 6 heteroatoms. The Morgan fingerprint density at radius 3 is 2.59 bits per heavy atom. The zero-order valence-electron chi connectivity index (χ0n) is 14.8. The maximum Gasteiger partial charge on any atom is 0.306 e. The minimum absolute atomic E-state index is 0.0205. The van der Waals surface area contributed by atoms with Crippen LogP contribution in [0, 0.1) is 0 Å². The molecule has 0 atom stereocenters. The Bertz CT molecular complexity index is 973. The van der Waals surface area contributed by atoms with E-state index in [0.717, 1.165) is 15.2 Å². The Balaban J connectivity index is 1.90. The number of pyridine rings is 1. The molecule has 0 aliphatic heterocycles. The molecule has 0 unspecified atom stereocenters. The molecule has 0 amide bonds. The molecule has 0 bridgehead atoms. The van der Waals surface area contributed by atoms with Crippen molar-refractivity contribution in [2.45, 2.75) is 29.6 Å². The van der Waals surface area contributed by atoms with Gasteiger partial charge in [0.05, 0.1) is 18.5 Å².